The van der Waals surface area contributed by atoms with Gasteiger partial charge in [0.05, 0.1) is 4.90 Å². The maximum atomic E-state index is 12.3. The molecule has 0 unspecified atom stereocenters. The molecule has 0 fully saturated rings. The first-order chi connectivity index (χ1) is 14.1. The number of esters is 1. The van der Waals surface area contributed by atoms with Crippen molar-refractivity contribution in [2.75, 3.05) is 23.8 Å². The maximum absolute atomic E-state index is 12.3. The van der Waals surface area contributed by atoms with Gasteiger partial charge in [-0.1, -0.05) is 0 Å². The average Bonchev–Trinajstić information content (AvgIpc) is 2.68. The zero-order chi connectivity index (χ0) is 22.3. The molecule has 0 aliphatic heterocycles. The van der Waals surface area contributed by atoms with Crippen LogP contribution in [0.25, 0.3) is 0 Å². The molecule has 1 heterocycles. The molecule has 2 rings (SSSR count). The standard InChI is InChI=1S/C19H25N5O5S/c1-13(2)23-30(27,28)16-8-6-15(7-9-16)22-18(26)14(3)29-17(25)12-24(4)19-20-10-5-11-21-19/h5-11,13-14,23H,12H2,1-4H3,(H,22,26)/t14-/m0/s1. The number of rotatable bonds is 9. The molecule has 0 bridgehead atoms. The summed E-state index contributed by atoms with van der Waals surface area (Å²) in [5, 5.41) is 2.58. The van der Waals surface area contributed by atoms with Crippen LogP contribution >= 0.6 is 0 Å². The summed E-state index contributed by atoms with van der Waals surface area (Å²) in [4.78, 5) is 34.0. The largest absolute Gasteiger partial charge is 0.451 e. The molecule has 162 valence electrons. The lowest BCUT2D eigenvalue weighted by Gasteiger charge is -2.18. The Balaban J connectivity index is 1.90. The summed E-state index contributed by atoms with van der Waals surface area (Å²) in [5.74, 6) is -0.805. The van der Waals surface area contributed by atoms with Crippen LogP contribution in [-0.4, -0.2) is 56.0 Å². The number of amides is 1. The van der Waals surface area contributed by atoms with Crippen LogP contribution in [0.3, 0.4) is 0 Å². The number of carbonyl (C=O) groups excluding carboxylic acids is 2. The molecule has 1 atom stereocenters. The molecular weight excluding hydrogens is 410 g/mol. The summed E-state index contributed by atoms with van der Waals surface area (Å²) in [6.07, 6.45) is 2.05. The lowest BCUT2D eigenvalue weighted by Crippen LogP contribution is -2.35. The fraction of sp³-hybridized carbons (Fsp3) is 0.368. The Morgan fingerprint density at radius 2 is 1.70 bits per heavy atom. The Morgan fingerprint density at radius 3 is 2.27 bits per heavy atom. The molecule has 30 heavy (non-hydrogen) atoms. The van der Waals surface area contributed by atoms with E-state index in [1.807, 2.05) is 0 Å². The fourth-order valence-corrected chi connectivity index (χ4v) is 3.63. The number of sulfonamides is 1. The van der Waals surface area contributed by atoms with E-state index in [9.17, 15) is 18.0 Å². The summed E-state index contributed by atoms with van der Waals surface area (Å²) in [6.45, 7) is 4.76. The minimum Gasteiger partial charge on any atom is -0.451 e. The second-order valence-corrected chi connectivity index (χ2v) is 8.54. The SMILES string of the molecule is CC(C)NS(=O)(=O)c1ccc(NC(=O)[C@H](C)OC(=O)CN(C)c2ncccn2)cc1. The van der Waals surface area contributed by atoms with Crippen LogP contribution in [0, 0.1) is 0 Å². The van der Waals surface area contributed by atoms with Gasteiger partial charge in [0, 0.05) is 31.2 Å². The Morgan fingerprint density at radius 1 is 1.10 bits per heavy atom. The van der Waals surface area contributed by atoms with Gasteiger partial charge in [-0.2, -0.15) is 0 Å². The minimum absolute atomic E-state index is 0.0832. The number of carbonyl (C=O) groups is 2. The Bertz CT molecular complexity index is 965. The third-order valence-corrected chi connectivity index (χ3v) is 5.43. The highest BCUT2D eigenvalue weighted by molar-refractivity contribution is 7.89. The van der Waals surface area contributed by atoms with Crippen LogP contribution in [0.2, 0.25) is 0 Å². The molecule has 0 saturated heterocycles. The predicted octanol–water partition coefficient (Wildman–Crippen LogP) is 1.17. The second-order valence-electron chi connectivity index (χ2n) is 6.83. The molecule has 2 aromatic rings. The van der Waals surface area contributed by atoms with E-state index in [1.165, 1.54) is 36.1 Å². The van der Waals surface area contributed by atoms with Crippen molar-refractivity contribution in [2.45, 2.75) is 37.8 Å². The summed E-state index contributed by atoms with van der Waals surface area (Å²) < 4.78 is 31.9. The maximum Gasteiger partial charge on any atom is 0.326 e. The zero-order valence-electron chi connectivity index (χ0n) is 17.2. The van der Waals surface area contributed by atoms with Gasteiger partial charge in [0.2, 0.25) is 16.0 Å². The molecule has 11 heteroatoms. The van der Waals surface area contributed by atoms with E-state index in [0.29, 0.717) is 11.6 Å². The van der Waals surface area contributed by atoms with Gasteiger partial charge in [0.25, 0.3) is 5.91 Å². The van der Waals surface area contributed by atoms with E-state index in [2.05, 4.69) is 20.0 Å². The number of anilines is 2. The highest BCUT2D eigenvalue weighted by atomic mass is 32.2. The summed E-state index contributed by atoms with van der Waals surface area (Å²) >= 11 is 0. The number of nitrogens with one attached hydrogen (secondary N) is 2. The Kier molecular flexibility index (Phi) is 7.84. The average molecular weight is 436 g/mol. The third-order valence-electron chi connectivity index (χ3n) is 3.76. The minimum atomic E-state index is -3.62. The lowest BCUT2D eigenvalue weighted by atomic mass is 10.3. The first-order valence-corrected chi connectivity index (χ1v) is 10.7. The smallest absolute Gasteiger partial charge is 0.326 e. The van der Waals surface area contributed by atoms with Crippen molar-refractivity contribution >= 4 is 33.5 Å². The highest BCUT2D eigenvalue weighted by Crippen LogP contribution is 2.15. The predicted molar refractivity (Wildman–Crippen MR) is 111 cm³/mol. The van der Waals surface area contributed by atoms with E-state index in [0.717, 1.165) is 0 Å². The van der Waals surface area contributed by atoms with Crippen LogP contribution in [0.1, 0.15) is 20.8 Å². The van der Waals surface area contributed by atoms with Gasteiger partial charge in [-0.05, 0) is 51.1 Å². The van der Waals surface area contributed by atoms with Gasteiger partial charge < -0.3 is 15.0 Å². The normalized spacial score (nSPS) is 12.3. The van der Waals surface area contributed by atoms with E-state index in [-0.39, 0.29) is 17.5 Å². The topological polar surface area (TPSA) is 131 Å². The molecule has 0 aliphatic rings. The number of hydrogen-bond acceptors (Lipinski definition) is 8. The number of ether oxygens (including phenoxy) is 1. The quantitative estimate of drug-likeness (QED) is 0.561. The lowest BCUT2D eigenvalue weighted by molar-refractivity contribution is -0.151. The number of aromatic nitrogens is 2. The van der Waals surface area contributed by atoms with Gasteiger partial charge in [-0.15, -0.1) is 0 Å². The van der Waals surface area contributed by atoms with Crippen molar-refractivity contribution in [3.63, 3.8) is 0 Å². The molecule has 1 amide bonds. The van der Waals surface area contributed by atoms with Crippen molar-refractivity contribution in [3.8, 4) is 0 Å². The van der Waals surface area contributed by atoms with Gasteiger partial charge >= 0.3 is 5.97 Å². The monoisotopic (exact) mass is 435 g/mol. The number of likely N-dealkylation sites (N-methyl/N-ethyl adjacent to an activating group) is 1. The molecule has 1 aromatic heterocycles. The second kappa shape index (κ2) is 10.1. The van der Waals surface area contributed by atoms with E-state index < -0.39 is 28.0 Å². The summed E-state index contributed by atoms with van der Waals surface area (Å²) in [7, 11) is -1.99. The van der Waals surface area contributed by atoms with Crippen molar-refractivity contribution in [1.29, 1.82) is 0 Å². The summed E-state index contributed by atoms with van der Waals surface area (Å²) in [6, 6.07) is 7.10. The van der Waals surface area contributed by atoms with Gasteiger partial charge in [-0.3, -0.25) is 9.59 Å². The third kappa shape index (κ3) is 6.78. The molecule has 0 saturated carbocycles. The van der Waals surface area contributed by atoms with Crippen molar-refractivity contribution in [2.24, 2.45) is 0 Å². The summed E-state index contributed by atoms with van der Waals surface area (Å²) in [5.41, 5.74) is 0.376. The number of nitrogens with zero attached hydrogens (tertiary/aromatic N) is 3. The van der Waals surface area contributed by atoms with E-state index >= 15 is 0 Å². The Labute approximate surface area is 175 Å². The van der Waals surface area contributed by atoms with Crippen LogP contribution < -0.4 is 14.9 Å². The molecule has 0 spiro atoms. The van der Waals surface area contributed by atoms with Crippen molar-refractivity contribution in [1.82, 2.24) is 14.7 Å². The fourth-order valence-electron chi connectivity index (χ4n) is 2.38. The van der Waals surface area contributed by atoms with Crippen LogP contribution in [0.4, 0.5) is 11.6 Å². The van der Waals surface area contributed by atoms with Crippen LogP contribution in [0.5, 0.6) is 0 Å². The van der Waals surface area contributed by atoms with E-state index in [4.69, 9.17) is 4.74 Å². The number of benzene rings is 1. The molecule has 2 N–H and O–H groups in total. The van der Waals surface area contributed by atoms with Gasteiger partial charge in [0.15, 0.2) is 6.10 Å². The van der Waals surface area contributed by atoms with Crippen LogP contribution in [-0.2, 0) is 24.3 Å². The highest BCUT2D eigenvalue weighted by Gasteiger charge is 2.20. The molecule has 0 radical (unpaired) electrons. The van der Waals surface area contributed by atoms with Gasteiger partial charge in [-0.25, -0.2) is 23.1 Å². The first kappa shape index (κ1) is 23.2. The van der Waals surface area contributed by atoms with Gasteiger partial charge in [0.1, 0.15) is 6.54 Å². The van der Waals surface area contributed by atoms with Crippen molar-refractivity contribution in [3.05, 3.63) is 42.7 Å². The number of hydrogen-bond donors (Lipinski definition) is 2. The van der Waals surface area contributed by atoms with Crippen LogP contribution in [0.15, 0.2) is 47.6 Å². The van der Waals surface area contributed by atoms with Crippen molar-refractivity contribution < 1.29 is 22.7 Å². The molecule has 10 nitrogen and oxygen atoms in total. The molecule has 1 aromatic carbocycles. The molecule has 0 aliphatic carbocycles. The van der Waals surface area contributed by atoms with E-state index in [1.54, 1.807) is 39.4 Å². The first-order valence-electron chi connectivity index (χ1n) is 9.19. The molecular formula is C19H25N5O5S. The Hall–Kier alpha value is -3.05. The zero-order valence-corrected chi connectivity index (χ0v) is 18.0.